The van der Waals surface area contributed by atoms with Crippen LogP contribution in [0.25, 0.3) is 5.65 Å². The van der Waals surface area contributed by atoms with E-state index in [-0.39, 0.29) is 54.1 Å². The Labute approximate surface area is 237 Å². The number of aromatic amines is 1. The van der Waals surface area contributed by atoms with Gasteiger partial charge in [-0.15, -0.1) is 10.2 Å². The molecule has 4 atom stereocenters. The Morgan fingerprint density at radius 3 is 2.81 bits per heavy atom. The number of likely N-dealkylation sites (N-methyl/N-ethyl adjacent to an activating group) is 1. The van der Waals surface area contributed by atoms with Crippen LogP contribution in [0.3, 0.4) is 0 Å². The highest BCUT2D eigenvalue weighted by Crippen LogP contribution is 2.60. The van der Waals surface area contributed by atoms with Gasteiger partial charge >= 0.3 is 6.03 Å². The number of nitrogens with one attached hydrogen (secondary N) is 2. The fourth-order valence-corrected chi connectivity index (χ4v) is 5.76. The predicted molar refractivity (Wildman–Crippen MR) is 145 cm³/mol. The Bertz CT molecular complexity index is 1850. The first-order valence-corrected chi connectivity index (χ1v) is 13.4. The Balaban J connectivity index is 1.14. The topological polar surface area (TPSA) is 192 Å². The van der Waals surface area contributed by atoms with Crippen LogP contribution in [0.1, 0.15) is 54.4 Å². The molecule has 15 heteroatoms. The molecule has 3 N–H and O–H groups in total. The number of rotatable bonds is 7. The number of aliphatic hydroxyl groups is 1. The molecule has 0 radical (unpaired) electrons. The van der Waals surface area contributed by atoms with Crippen LogP contribution in [0.5, 0.6) is 0 Å². The molecule has 7 rings (SSSR count). The fourth-order valence-electron chi connectivity index (χ4n) is 5.76. The summed E-state index contributed by atoms with van der Waals surface area (Å²) in [4.78, 5) is 68.0. The highest BCUT2D eigenvalue weighted by atomic mass is 16.3. The van der Waals surface area contributed by atoms with Crippen LogP contribution < -0.4 is 15.8 Å². The molecule has 2 aliphatic carbocycles. The van der Waals surface area contributed by atoms with Crippen LogP contribution >= 0.6 is 0 Å². The van der Waals surface area contributed by atoms with E-state index >= 15 is 0 Å². The number of hydrogen-bond acceptors (Lipinski definition) is 10. The number of imidazole rings is 1. The van der Waals surface area contributed by atoms with Crippen molar-refractivity contribution in [2.24, 2.45) is 5.92 Å². The summed E-state index contributed by atoms with van der Waals surface area (Å²) in [5.41, 5.74) is 2.44. The minimum Gasteiger partial charge on any atom is -0.390 e. The third-order valence-electron chi connectivity index (χ3n) is 8.41. The molecule has 15 nitrogen and oxygen atoms in total. The number of H-pyrrole nitrogens is 1. The zero-order chi connectivity index (χ0) is 29.3. The Morgan fingerprint density at radius 1 is 1.24 bits per heavy atom. The highest BCUT2D eigenvalue weighted by Gasteiger charge is 2.54. The minimum absolute atomic E-state index is 0.00636. The predicted octanol–water partition coefficient (Wildman–Crippen LogP) is 0.681. The van der Waals surface area contributed by atoms with E-state index in [4.69, 9.17) is 4.98 Å². The van der Waals surface area contributed by atoms with E-state index in [1.165, 1.54) is 11.9 Å². The summed E-state index contributed by atoms with van der Waals surface area (Å²) in [6.45, 7) is 1.77. The van der Waals surface area contributed by atoms with Crippen LogP contribution in [-0.4, -0.2) is 76.0 Å². The van der Waals surface area contributed by atoms with Crippen molar-refractivity contribution in [2.45, 2.75) is 43.6 Å². The fraction of sp³-hybridized carbons (Fsp3) is 0.370. The summed E-state index contributed by atoms with van der Waals surface area (Å²) in [6.07, 6.45) is 7.74. The number of aromatic nitrogens is 7. The van der Waals surface area contributed by atoms with Crippen molar-refractivity contribution < 1.29 is 19.5 Å². The summed E-state index contributed by atoms with van der Waals surface area (Å²) in [5, 5.41) is 19.5. The van der Waals surface area contributed by atoms with Crippen LogP contribution in [0.4, 0.5) is 16.4 Å². The maximum absolute atomic E-state index is 12.9. The average Bonchev–Trinajstić information content (AvgIpc) is 3.86. The summed E-state index contributed by atoms with van der Waals surface area (Å²) in [7, 11) is 1.45. The number of fused-ring (bicyclic) bond motifs is 1. The maximum atomic E-state index is 12.9. The number of urea groups is 1. The summed E-state index contributed by atoms with van der Waals surface area (Å²) in [5.74, 6) is -0.469. The van der Waals surface area contributed by atoms with E-state index in [0.717, 1.165) is 28.8 Å². The SMILES string of the molecule is CN1C(=O)CN(c2cc(C3CC3(C)c3ccnc([C@H]4C[C@@H]4C(=O)Nc4nncc(=O)[nH]4)n3)cn3cc(CO)nc23)C1=O. The van der Waals surface area contributed by atoms with Gasteiger partial charge in [-0.3, -0.25) is 34.5 Å². The molecule has 0 bridgehead atoms. The molecule has 214 valence electrons. The number of hydrogen-bond donors (Lipinski definition) is 3. The molecule has 3 fully saturated rings. The number of nitrogens with zero attached hydrogens (tertiary/aromatic N) is 8. The van der Waals surface area contributed by atoms with Crippen LogP contribution in [0.15, 0.2) is 41.7 Å². The smallest absolute Gasteiger partial charge is 0.331 e. The Hall–Kier alpha value is -5.05. The highest BCUT2D eigenvalue weighted by molar-refractivity contribution is 6.13. The van der Waals surface area contributed by atoms with E-state index in [1.54, 1.807) is 16.8 Å². The monoisotopic (exact) mass is 570 g/mol. The first-order valence-electron chi connectivity index (χ1n) is 13.4. The lowest BCUT2D eigenvalue weighted by Crippen LogP contribution is -2.30. The molecule has 4 aromatic rings. The van der Waals surface area contributed by atoms with Gasteiger partial charge in [0.2, 0.25) is 17.8 Å². The zero-order valence-corrected chi connectivity index (χ0v) is 22.7. The van der Waals surface area contributed by atoms with E-state index in [0.29, 0.717) is 29.3 Å². The van der Waals surface area contributed by atoms with Gasteiger partial charge in [0, 0.05) is 42.9 Å². The molecule has 0 aromatic carbocycles. The van der Waals surface area contributed by atoms with Gasteiger partial charge in [-0.2, -0.15) is 0 Å². The van der Waals surface area contributed by atoms with Gasteiger partial charge in [0.25, 0.3) is 5.56 Å². The minimum atomic E-state index is -0.461. The second kappa shape index (κ2) is 9.24. The van der Waals surface area contributed by atoms with Crippen molar-refractivity contribution >= 4 is 35.1 Å². The largest absolute Gasteiger partial charge is 0.390 e. The summed E-state index contributed by atoms with van der Waals surface area (Å²) in [6, 6.07) is 3.34. The molecule has 1 saturated heterocycles. The van der Waals surface area contributed by atoms with Gasteiger partial charge in [-0.25, -0.2) is 19.7 Å². The van der Waals surface area contributed by atoms with Gasteiger partial charge in [-0.1, -0.05) is 6.92 Å². The lowest BCUT2D eigenvalue weighted by molar-refractivity contribution is -0.124. The first kappa shape index (κ1) is 25.9. The van der Waals surface area contributed by atoms with Crippen LogP contribution in [-0.2, 0) is 21.6 Å². The Morgan fingerprint density at radius 2 is 2.07 bits per heavy atom. The molecule has 5 heterocycles. The van der Waals surface area contributed by atoms with Crippen LogP contribution in [0, 0.1) is 5.92 Å². The van der Waals surface area contributed by atoms with Crippen molar-refractivity contribution in [3.05, 3.63) is 70.0 Å². The zero-order valence-electron chi connectivity index (χ0n) is 22.7. The van der Waals surface area contributed by atoms with Crippen molar-refractivity contribution in [2.75, 3.05) is 23.8 Å². The summed E-state index contributed by atoms with van der Waals surface area (Å²) < 4.78 is 1.79. The molecule has 2 unspecified atom stereocenters. The summed E-state index contributed by atoms with van der Waals surface area (Å²) >= 11 is 0. The standard InChI is InChI=1S/C27H26N10O5/c1-27(19-3-4-28-22(31-19)15-6-16(15)24(41)33-25-32-20(39)8-29-34-25)7-17(27)13-5-18(37-11-21(40)35(2)26(37)42)23-30-14(12-38)10-36(23)9-13/h3-5,8-10,15-17,38H,6-7,11-12H2,1-2H3,(H2,32,33,34,39,41)/t15-,16-,17?,27?/m0/s1. The molecule has 2 saturated carbocycles. The van der Waals surface area contributed by atoms with E-state index in [9.17, 15) is 24.3 Å². The van der Waals surface area contributed by atoms with Crippen molar-refractivity contribution in [3.8, 4) is 0 Å². The van der Waals surface area contributed by atoms with Crippen molar-refractivity contribution in [3.63, 3.8) is 0 Å². The quantitative estimate of drug-likeness (QED) is 0.266. The lowest BCUT2D eigenvalue weighted by atomic mass is 9.97. The molecule has 3 aliphatic rings. The third kappa shape index (κ3) is 4.20. The number of anilines is 2. The van der Waals surface area contributed by atoms with E-state index in [2.05, 4.69) is 37.4 Å². The molecule has 0 spiro atoms. The van der Waals surface area contributed by atoms with Crippen LogP contribution in [0.2, 0.25) is 0 Å². The van der Waals surface area contributed by atoms with Crippen molar-refractivity contribution in [1.82, 2.24) is 39.4 Å². The van der Waals surface area contributed by atoms with Gasteiger partial charge in [-0.05, 0) is 36.5 Å². The average molecular weight is 571 g/mol. The maximum Gasteiger partial charge on any atom is 0.331 e. The normalized spacial score (nSPS) is 24.9. The Kier molecular flexibility index (Phi) is 5.69. The van der Waals surface area contributed by atoms with Crippen molar-refractivity contribution in [1.29, 1.82) is 0 Å². The second-order valence-corrected chi connectivity index (χ2v) is 11.2. The number of carbonyl (C=O) groups excluding carboxylic acids is 3. The van der Waals surface area contributed by atoms with Gasteiger partial charge in [0.05, 0.1) is 23.7 Å². The second-order valence-electron chi connectivity index (χ2n) is 11.2. The molecular weight excluding hydrogens is 544 g/mol. The number of amides is 4. The lowest BCUT2D eigenvalue weighted by Gasteiger charge is -2.18. The van der Waals surface area contributed by atoms with E-state index < -0.39 is 11.6 Å². The number of aliphatic hydroxyl groups excluding tert-OH is 1. The first-order chi connectivity index (χ1) is 20.2. The molecule has 42 heavy (non-hydrogen) atoms. The molecule has 4 aromatic heterocycles. The van der Waals surface area contributed by atoms with Gasteiger partial charge in [0.15, 0.2) is 5.65 Å². The van der Waals surface area contributed by atoms with E-state index in [1.807, 2.05) is 18.3 Å². The number of carbonyl (C=O) groups is 3. The number of pyridine rings is 1. The van der Waals surface area contributed by atoms with Gasteiger partial charge in [0.1, 0.15) is 18.6 Å². The number of imide groups is 1. The molecule has 4 amide bonds. The molecular formula is C27H26N10O5. The van der Waals surface area contributed by atoms with Gasteiger partial charge < -0.3 is 9.51 Å². The third-order valence-corrected chi connectivity index (χ3v) is 8.41. The molecule has 1 aliphatic heterocycles.